The van der Waals surface area contributed by atoms with Crippen LogP contribution in [0.2, 0.25) is 0 Å². The van der Waals surface area contributed by atoms with Gasteiger partial charge in [-0.05, 0) is 38.5 Å². The number of aryl methyl sites for hydroxylation is 1. The van der Waals surface area contributed by atoms with Gasteiger partial charge in [0.15, 0.2) is 0 Å². The minimum absolute atomic E-state index is 0.104. The van der Waals surface area contributed by atoms with E-state index < -0.39 is 0 Å². The molecule has 2 fully saturated rings. The lowest BCUT2D eigenvalue weighted by Gasteiger charge is -2.36. The standard InChI is InChI=1S/C25H31N5O3/c1-16-11-30(12-17(2)33-16)20-6-4-19(5-7-20)21-10-22-23(25(32)28(3)15-26-22)24(27-21)29-9-8-18(13-29)14-31/h4-7,10,15-18,31H,8-9,11-14H2,1-3H3/t16-,17+,18-/m0/s1. The molecule has 4 heterocycles. The average molecular weight is 450 g/mol. The van der Waals surface area contributed by atoms with Crippen molar-refractivity contribution in [2.75, 3.05) is 42.6 Å². The van der Waals surface area contributed by atoms with Gasteiger partial charge in [0, 0.05) is 57.0 Å². The molecule has 8 heteroatoms. The van der Waals surface area contributed by atoms with Crippen molar-refractivity contribution in [3.63, 3.8) is 0 Å². The fourth-order valence-corrected chi connectivity index (χ4v) is 4.99. The molecule has 0 radical (unpaired) electrons. The number of morpholine rings is 1. The Morgan fingerprint density at radius 3 is 2.48 bits per heavy atom. The van der Waals surface area contributed by atoms with Crippen molar-refractivity contribution in [1.82, 2.24) is 14.5 Å². The summed E-state index contributed by atoms with van der Waals surface area (Å²) in [6.45, 7) is 7.55. The molecule has 33 heavy (non-hydrogen) atoms. The van der Waals surface area contributed by atoms with Crippen LogP contribution in [0.25, 0.3) is 22.2 Å². The van der Waals surface area contributed by atoms with E-state index in [0.29, 0.717) is 23.3 Å². The first-order valence-electron chi connectivity index (χ1n) is 11.7. The van der Waals surface area contributed by atoms with Crippen molar-refractivity contribution >= 4 is 22.4 Å². The first kappa shape index (κ1) is 21.9. The maximum atomic E-state index is 13.0. The predicted molar refractivity (Wildman–Crippen MR) is 130 cm³/mol. The van der Waals surface area contributed by atoms with Crippen LogP contribution in [0.5, 0.6) is 0 Å². The summed E-state index contributed by atoms with van der Waals surface area (Å²) in [6.07, 6.45) is 2.85. The Kier molecular flexibility index (Phi) is 5.80. The average Bonchev–Trinajstić information content (AvgIpc) is 3.30. The second-order valence-electron chi connectivity index (χ2n) is 9.38. The minimum Gasteiger partial charge on any atom is -0.396 e. The van der Waals surface area contributed by atoms with Crippen molar-refractivity contribution in [1.29, 1.82) is 0 Å². The molecule has 8 nitrogen and oxygen atoms in total. The normalized spacial score (nSPS) is 23.5. The van der Waals surface area contributed by atoms with E-state index in [9.17, 15) is 9.90 Å². The summed E-state index contributed by atoms with van der Waals surface area (Å²) in [5.74, 6) is 0.857. The van der Waals surface area contributed by atoms with Crippen LogP contribution in [-0.2, 0) is 11.8 Å². The van der Waals surface area contributed by atoms with E-state index >= 15 is 0 Å². The third-order valence-corrected chi connectivity index (χ3v) is 6.68. The van der Waals surface area contributed by atoms with E-state index in [1.54, 1.807) is 13.4 Å². The Morgan fingerprint density at radius 1 is 1.09 bits per heavy atom. The number of hydrogen-bond acceptors (Lipinski definition) is 7. The highest BCUT2D eigenvalue weighted by Gasteiger charge is 2.27. The van der Waals surface area contributed by atoms with Gasteiger partial charge in [-0.3, -0.25) is 4.79 Å². The number of nitrogens with zero attached hydrogens (tertiary/aromatic N) is 5. The molecule has 1 N–H and O–H groups in total. The molecule has 2 aliphatic rings. The van der Waals surface area contributed by atoms with E-state index in [-0.39, 0.29) is 30.3 Å². The smallest absolute Gasteiger partial charge is 0.264 e. The van der Waals surface area contributed by atoms with Crippen molar-refractivity contribution in [3.05, 3.63) is 47.0 Å². The molecule has 0 bridgehead atoms. The van der Waals surface area contributed by atoms with Gasteiger partial charge in [0.2, 0.25) is 0 Å². The molecule has 0 aliphatic carbocycles. The monoisotopic (exact) mass is 449 g/mol. The molecular formula is C25H31N5O3. The van der Waals surface area contributed by atoms with Gasteiger partial charge >= 0.3 is 0 Å². The van der Waals surface area contributed by atoms with E-state index in [1.165, 1.54) is 10.3 Å². The van der Waals surface area contributed by atoms with Crippen LogP contribution in [0.15, 0.2) is 41.5 Å². The lowest BCUT2D eigenvalue weighted by molar-refractivity contribution is -0.00521. The van der Waals surface area contributed by atoms with Gasteiger partial charge in [0.25, 0.3) is 5.56 Å². The predicted octanol–water partition coefficient (Wildman–Crippen LogP) is 2.43. The third kappa shape index (κ3) is 4.20. The number of ether oxygens (including phenoxy) is 1. The number of aromatic nitrogens is 3. The Hall–Kier alpha value is -2.97. The molecule has 0 unspecified atom stereocenters. The molecule has 3 aromatic rings. The topological polar surface area (TPSA) is 83.7 Å². The van der Waals surface area contributed by atoms with Crippen molar-refractivity contribution < 1.29 is 9.84 Å². The van der Waals surface area contributed by atoms with Gasteiger partial charge in [-0.15, -0.1) is 0 Å². The van der Waals surface area contributed by atoms with E-state index in [1.807, 2.05) is 6.07 Å². The van der Waals surface area contributed by atoms with Crippen LogP contribution in [0.3, 0.4) is 0 Å². The maximum absolute atomic E-state index is 13.0. The number of hydrogen-bond donors (Lipinski definition) is 1. The molecule has 0 saturated carbocycles. The zero-order valence-electron chi connectivity index (χ0n) is 19.4. The summed E-state index contributed by atoms with van der Waals surface area (Å²) < 4.78 is 7.35. The summed E-state index contributed by atoms with van der Waals surface area (Å²) >= 11 is 0. The Bertz CT molecular complexity index is 1200. The summed E-state index contributed by atoms with van der Waals surface area (Å²) in [4.78, 5) is 26.9. The summed E-state index contributed by atoms with van der Waals surface area (Å²) in [6, 6.07) is 10.3. The fraction of sp³-hybridized carbons (Fsp3) is 0.480. The summed E-state index contributed by atoms with van der Waals surface area (Å²) in [5, 5.41) is 10.1. The second-order valence-corrected chi connectivity index (χ2v) is 9.38. The molecule has 5 rings (SSSR count). The van der Waals surface area contributed by atoms with Crippen molar-refractivity contribution in [2.45, 2.75) is 32.5 Å². The highest BCUT2D eigenvalue weighted by molar-refractivity contribution is 5.92. The quantitative estimate of drug-likeness (QED) is 0.655. The molecule has 0 amide bonds. The first-order valence-corrected chi connectivity index (χ1v) is 11.7. The SMILES string of the molecule is C[C@@H]1CN(c2ccc(-c3cc4ncn(C)c(=O)c4c(N4CC[C@H](CO)C4)n3)cc2)C[C@H](C)O1. The molecule has 0 spiro atoms. The van der Waals surface area contributed by atoms with Gasteiger partial charge in [-0.2, -0.15) is 0 Å². The second kappa shape index (κ2) is 8.76. The molecule has 3 atom stereocenters. The molecule has 2 saturated heterocycles. The van der Waals surface area contributed by atoms with Crippen LogP contribution < -0.4 is 15.4 Å². The number of pyridine rings is 1. The number of benzene rings is 1. The number of aliphatic hydroxyl groups excluding tert-OH is 1. The highest BCUT2D eigenvalue weighted by atomic mass is 16.5. The van der Waals surface area contributed by atoms with Crippen molar-refractivity contribution in [2.24, 2.45) is 13.0 Å². The Morgan fingerprint density at radius 2 is 1.82 bits per heavy atom. The molecule has 2 aromatic heterocycles. The summed E-state index contributed by atoms with van der Waals surface area (Å²) in [5.41, 5.74) is 3.48. The van der Waals surface area contributed by atoms with Crippen LogP contribution in [0.1, 0.15) is 20.3 Å². The largest absolute Gasteiger partial charge is 0.396 e. The van der Waals surface area contributed by atoms with Crippen molar-refractivity contribution in [3.8, 4) is 11.3 Å². The zero-order chi connectivity index (χ0) is 23.1. The van der Waals surface area contributed by atoms with Gasteiger partial charge in [-0.25, -0.2) is 9.97 Å². The lowest BCUT2D eigenvalue weighted by atomic mass is 10.1. The number of rotatable bonds is 4. The van der Waals surface area contributed by atoms with Gasteiger partial charge < -0.3 is 24.2 Å². The van der Waals surface area contributed by atoms with E-state index in [2.05, 4.69) is 52.9 Å². The zero-order valence-corrected chi connectivity index (χ0v) is 19.4. The van der Waals surface area contributed by atoms with Crippen LogP contribution in [0.4, 0.5) is 11.5 Å². The summed E-state index contributed by atoms with van der Waals surface area (Å²) in [7, 11) is 1.71. The van der Waals surface area contributed by atoms with Crippen LogP contribution in [0, 0.1) is 5.92 Å². The minimum atomic E-state index is -0.104. The number of aliphatic hydroxyl groups is 1. The van der Waals surface area contributed by atoms with Gasteiger partial charge in [0.05, 0.1) is 29.7 Å². The van der Waals surface area contributed by atoms with Gasteiger partial charge in [0.1, 0.15) is 11.2 Å². The highest BCUT2D eigenvalue weighted by Crippen LogP contribution is 2.31. The third-order valence-electron chi connectivity index (χ3n) is 6.68. The van der Waals surface area contributed by atoms with E-state index in [0.717, 1.165) is 37.3 Å². The molecule has 174 valence electrons. The van der Waals surface area contributed by atoms with Crippen LogP contribution in [-0.4, -0.2) is 64.6 Å². The Balaban J connectivity index is 1.53. The number of fused-ring (bicyclic) bond motifs is 1. The molecular weight excluding hydrogens is 418 g/mol. The lowest BCUT2D eigenvalue weighted by Crippen LogP contribution is -2.45. The first-order chi connectivity index (χ1) is 15.9. The van der Waals surface area contributed by atoms with Gasteiger partial charge in [-0.1, -0.05) is 12.1 Å². The Labute approximate surface area is 193 Å². The molecule has 2 aliphatic heterocycles. The number of anilines is 2. The van der Waals surface area contributed by atoms with E-state index in [4.69, 9.17) is 9.72 Å². The maximum Gasteiger partial charge on any atom is 0.264 e. The van der Waals surface area contributed by atoms with Crippen LogP contribution >= 0.6 is 0 Å². The molecule has 1 aromatic carbocycles. The fourth-order valence-electron chi connectivity index (χ4n) is 4.99.